The molecular weight excluding hydrogens is 400 g/mol. The molecule has 3 heterocycles. The van der Waals surface area contributed by atoms with Crippen molar-refractivity contribution < 1.29 is 19.1 Å². The van der Waals surface area contributed by atoms with Crippen LogP contribution >= 0.6 is 34.7 Å². The second-order valence-corrected chi connectivity index (χ2v) is 8.36. The van der Waals surface area contributed by atoms with Gasteiger partial charge in [-0.2, -0.15) is 0 Å². The molecule has 0 bridgehead atoms. The number of ether oxygens (including phenoxy) is 1. The number of methoxy groups -OCH3 is 1. The molecule has 0 radical (unpaired) electrons. The Morgan fingerprint density at radius 2 is 1.88 bits per heavy atom. The molecule has 1 N–H and O–H groups in total. The average Bonchev–Trinajstić information content (AvgIpc) is 3.11. The zero-order valence-electron chi connectivity index (χ0n) is 13.2. The van der Waals surface area contributed by atoms with Gasteiger partial charge in [0.15, 0.2) is 0 Å². The van der Waals surface area contributed by atoms with Gasteiger partial charge in [0.25, 0.3) is 0 Å². The number of carbonyl (C=O) groups excluding carboxylic acids is 3. The summed E-state index contributed by atoms with van der Waals surface area (Å²) >= 11 is 7.83. The van der Waals surface area contributed by atoms with Gasteiger partial charge in [-0.15, -0.1) is 0 Å². The fourth-order valence-corrected chi connectivity index (χ4v) is 5.84. The van der Waals surface area contributed by atoms with Crippen LogP contribution in [0.15, 0.2) is 34.1 Å². The average molecular weight is 411 g/mol. The van der Waals surface area contributed by atoms with E-state index in [0.29, 0.717) is 20.6 Å². The number of benzene rings is 1. The summed E-state index contributed by atoms with van der Waals surface area (Å²) in [6.07, 6.45) is 0. The molecule has 1 fully saturated rings. The maximum absolute atomic E-state index is 13.1. The van der Waals surface area contributed by atoms with Gasteiger partial charge in [0.05, 0.1) is 28.6 Å². The second kappa shape index (κ2) is 6.26. The molecule has 2 aliphatic heterocycles. The summed E-state index contributed by atoms with van der Waals surface area (Å²) < 4.78 is 4.85. The molecule has 0 unspecified atom stereocenters. The van der Waals surface area contributed by atoms with Crippen LogP contribution in [0.1, 0.15) is 10.8 Å². The van der Waals surface area contributed by atoms with Crippen LogP contribution in [0, 0.1) is 5.92 Å². The minimum Gasteiger partial charge on any atom is -0.469 e. The number of fused-ring (bicyclic) bond motifs is 2. The second-order valence-electron chi connectivity index (χ2n) is 5.76. The van der Waals surface area contributed by atoms with E-state index < -0.39 is 34.9 Å². The molecule has 4 rings (SSSR count). The van der Waals surface area contributed by atoms with Crippen molar-refractivity contribution in [3.05, 3.63) is 43.8 Å². The fourth-order valence-electron chi connectivity index (χ4n) is 3.24. The summed E-state index contributed by atoms with van der Waals surface area (Å²) in [4.78, 5) is 53.9. The number of nitrogens with one attached hydrogen (secondary N) is 1. The number of halogens is 1. The summed E-state index contributed by atoms with van der Waals surface area (Å²) in [5, 5.41) is 0.114. The van der Waals surface area contributed by atoms with Crippen LogP contribution in [0.3, 0.4) is 0 Å². The van der Waals surface area contributed by atoms with Crippen LogP contribution in [-0.2, 0) is 19.1 Å². The monoisotopic (exact) mass is 410 g/mol. The first-order valence-electron chi connectivity index (χ1n) is 7.53. The fraction of sp³-hybridized carbons (Fsp3) is 0.250. The van der Waals surface area contributed by atoms with Crippen molar-refractivity contribution in [2.75, 3.05) is 12.0 Å². The summed E-state index contributed by atoms with van der Waals surface area (Å²) in [5.74, 6) is -3.47. The van der Waals surface area contributed by atoms with Gasteiger partial charge in [-0.3, -0.25) is 19.2 Å². The quantitative estimate of drug-likeness (QED) is 0.601. The molecular formula is C16H11ClN2O5S2. The zero-order valence-corrected chi connectivity index (χ0v) is 15.6. The van der Waals surface area contributed by atoms with E-state index in [9.17, 15) is 19.2 Å². The SMILES string of the molecule is COC(=O)[C@@H]1c2sc(=O)[nH]c2S[C@H]2C(=O)N(c3ccc(Cl)cc3)C(=O)[C@@H]12. The Bertz CT molecular complexity index is 983. The van der Waals surface area contributed by atoms with Gasteiger partial charge < -0.3 is 9.72 Å². The van der Waals surface area contributed by atoms with Gasteiger partial charge in [0.1, 0.15) is 11.2 Å². The normalized spacial score (nSPS) is 24.4. The number of amides is 2. The maximum atomic E-state index is 13.1. The van der Waals surface area contributed by atoms with Crippen molar-refractivity contribution in [2.24, 2.45) is 5.92 Å². The van der Waals surface area contributed by atoms with Crippen molar-refractivity contribution in [1.29, 1.82) is 0 Å². The van der Waals surface area contributed by atoms with E-state index in [0.717, 1.165) is 28.0 Å². The molecule has 0 aliphatic carbocycles. The van der Waals surface area contributed by atoms with Crippen molar-refractivity contribution >= 4 is 58.2 Å². The van der Waals surface area contributed by atoms with Gasteiger partial charge in [0, 0.05) is 5.02 Å². The van der Waals surface area contributed by atoms with E-state index in [1.165, 1.54) is 7.11 Å². The van der Waals surface area contributed by atoms with Crippen LogP contribution in [0.5, 0.6) is 0 Å². The lowest BCUT2D eigenvalue weighted by Gasteiger charge is -2.27. The maximum Gasteiger partial charge on any atom is 0.314 e. The minimum atomic E-state index is -0.987. The minimum absolute atomic E-state index is 0.342. The van der Waals surface area contributed by atoms with E-state index in [-0.39, 0.29) is 4.87 Å². The largest absolute Gasteiger partial charge is 0.469 e. The molecule has 2 amide bonds. The Kier molecular flexibility index (Phi) is 4.17. The van der Waals surface area contributed by atoms with E-state index >= 15 is 0 Å². The summed E-state index contributed by atoms with van der Waals surface area (Å²) in [5.41, 5.74) is 0.389. The Morgan fingerprint density at radius 3 is 2.54 bits per heavy atom. The van der Waals surface area contributed by atoms with Gasteiger partial charge >= 0.3 is 10.8 Å². The molecule has 2 aromatic rings. The standard InChI is InChI=1S/C16H11ClN2O5S2/c1-24-15(22)9-8-11(25-12-10(9)26-16(23)18-12)14(21)19(13(8)20)7-4-2-6(17)3-5-7/h2-5,8-9,11H,1H3,(H,18,23)/t8-,9-,11+/m0/s1. The van der Waals surface area contributed by atoms with Gasteiger partial charge in [-0.25, -0.2) is 4.90 Å². The number of hydrogen-bond acceptors (Lipinski definition) is 7. The molecule has 1 saturated heterocycles. The lowest BCUT2D eigenvalue weighted by atomic mass is 9.89. The zero-order chi connectivity index (χ0) is 18.6. The third-order valence-corrected chi connectivity index (χ3v) is 7.02. The van der Waals surface area contributed by atoms with E-state index in [1.54, 1.807) is 24.3 Å². The first-order chi connectivity index (χ1) is 12.4. The predicted molar refractivity (Wildman–Crippen MR) is 96.8 cm³/mol. The summed E-state index contributed by atoms with van der Waals surface area (Å²) in [6.45, 7) is 0. The third-order valence-electron chi connectivity index (χ3n) is 4.36. The highest BCUT2D eigenvalue weighted by molar-refractivity contribution is 8.00. The highest BCUT2D eigenvalue weighted by Gasteiger charge is 2.58. The van der Waals surface area contributed by atoms with Gasteiger partial charge in [-0.1, -0.05) is 34.7 Å². The first kappa shape index (κ1) is 17.3. The number of nitrogens with zero attached hydrogens (tertiary/aromatic N) is 1. The van der Waals surface area contributed by atoms with Gasteiger partial charge in [0.2, 0.25) is 11.8 Å². The molecule has 2 aliphatic rings. The number of aromatic amines is 1. The molecule has 10 heteroatoms. The summed E-state index contributed by atoms with van der Waals surface area (Å²) in [6, 6.07) is 6.31. The topological polar surface area (TPSA) is 96.5 Å². The summed E-state index contributed by atoms with van der Waals surface area (Å²) in [7, 11) is 1.21. The lowest BCUT2D eigenvalue weighted by Crippen LogP contribution is -2.35. The predicted octanol–water partition coefficient (Wildman–Crippen LogP) is 2.01. The number of imide groups is 1. The van der Waals surface area contributed by atoms with Crippen molar-refractivity contribution in [3.63, 3.8) is 0 Å². The van der Waals surface area contributed by atoms with Crippen molar-refractivity contribution in [1.82, 2.24) is 4.98 Å². The molecule has 1 aromatic heterocycles. The Labute approximate surface area is 160 Å². The number of thiazole rings is 1. The van der Waals surface area contributed by atoms with E-state index in [1.807, 2.05) is 0 Å². The van der Waals surface area contributed by atoms with E-state index in [2.05, 4.69) is 4.98 Å². The highest BCUT2D eigenvalue weighted by Crippen LogP contribution is 2.51. The molecule has 26 heavy (non-hydrogen) atoms. The van der Waals surface area contributed by atoms with Crippen LogP contribution < -0.4 is 9.77 Å². The molecule has 134 valence electrons. The number of aromatic nitrogens is 1. The number of hydrogen-bond donors (Lipinski definition) is 1. The first-order valence-corrected chi connectivity index (χ1v) is 9.60. The number of H-pyrrole nitrogens is 1. The van der Waals surface area contributed by atoms with E-state index in [4.69, 9.17) is 16.3 Å². The smallest absolute Gasteiger partial charge is 0.314 e. The van der Waals surface area contributed by atoms with Crippen LogP contribution in [-0.4, -0.2) is 35.1 Å². The number of carbonyl (C=O) groups is 3. The van der Waals surface area contributed by atoms with Gasteiger partial charge in [-0.05, 0) is 24.3 Å². The molecule has 0 spiro atoms. The Morgan fingerprint density at radius 1 is 1.19 bits per heavy atom. The number of esters is 1. The number of anilines is 1. The molecule has 3 atom stereocenters. The van der Waals surface area contributed by atoms with Crippen LogP contribution in [0.25, 0.3) is 0 Å². The Balaban J connectivity index is 1.81. The molecule has 1 aromatic carbocycles. The number of thioether (sulfide) groups is 1. The van der Waals surface area contributed by atoms with Crippen LogP contribution in [0.4, 0.5) is 5.69 Å². The Hall–Kier alpha value is -2.10. The van der Waals surface area contributed by atoms with Crippen LogP contribution in [0.2, 0.25) is 5.02 Å². The highest BCUT2D eigenvalue weighted by atomic mass is 35.5. The van der Waals surface area contributed by atoms with Crippen molar-refractivity contribution in [2.45, 2.75) is 16.2 Å². The molecule has 0 saturated carbocycles. The third kappa shape index (κ3) is 2.50. The lowest BCUT2D eigenvalue weighted by molar-refractivity contribution is -0.145. The molecule has 7 nitrogen and oxygen atoms in total. The van der Waals surface area contributed by atoms with Crippen molar-refractivity contribution in [3.8, 4) is 0 Å². The number of rotatable bonds is 2.